The van der Waals surface area contributed by atoms with Crippen LogP contribution in [0.4, 0.5) is 0 Å². The van der Waals surface area contributed by atoms with Crippen molar-refractivity contribution in [3.05, 3.63) is 73.2 Å². The summed E-state index contributed by atoms with van der Waals surface area (Å²) < 4.78 is 2.00. The fraction of sp³-hybridized carbons (Fsp3) is 0.0455. The van der Waals surface area contributed by atoms with Crippen molar-refractivity contribution in [2.75, 3.05) is 0 Å². The average Bonchev–Trinajstić information content (AvgIpc) is 3.51. The summed E-state index contributed by atoms with van der Waals surface area (Å²) in [6.45, 7) is 1.97. The fourth-order valence-corrected chi connectivity index (χ4v) is 3.70. The van der Waals surface area contributed by atoms with Crippen LogP contribution in [-0.4, -0.2) is 39.7 Å². The molecule has 0 bridgehead atoms. The van der Waals surface area contributed by atoms with Gasteiger partial charge in [-0.2, -0.15) is 5.10 Å². The Balaban J connectivity index is 1.52. The van der Waals surface area contributed by atoms with E-state index in [-0.39, 0.29) is 0 Å². The SMILES string of the molecule is Cc1cn(-c2ccnc3[nH]c(-c4n[nH]c5ncc(-c6ccccn6)cc45)cc23)cn1. The van der Waals surface area contributed by atoms with Crippen molar-refractivity contribution in [3.8, 4) is 28.3 Å². The first-order valence-corrected chi connectivity index (χ1v) is 9.51. The lowest BCUT2D eigenvalue weighted by Crippen LogP contribution is -1.91. The van der Waals surface area contributed by atoms with Gasteiger partial charge in [0.25, 0.3) is 0 Å². The maximum Gasteiger partial charge on any atom is 0.155 e. The molecule has 0 atom stereocenters. The molecule has 6 aromatic heterocycles. The minimum absolute atomic E-state index is 0.724. The Kier molecular flexibility index (Phi) is 3.51. The van der Waals surface area contributed by atoms with Gasteiger partial charge in [0.1, 0.15) is 11.3 Å². The largest absolute Gasteiger partial charge is 0.338 e. The molecule has 0 amide bonds. The molecule has 0 spiro atoms. The van der Waals surface area contributed by atoms with Crippen LogP contribution in [0.15, 0.2) is 67.5 Å². The number of rotatable bonds is 3. The number of aryl methyl sites for hydroxylation is 1. The van der Waals surface area contributed by atoms with Crippen LogP contribution in [0.2, 0.25) is 0 Å². The smallest absolute Gasteiger partial charge is 0.155 e. The summed E-state index contributed by atoms with van der Waals surface area (Å²) in [5, 5.41) is 9.45. The monoisotopic (exact) mass is 392 g/mol. The Morgan fingerprint density at radius 2 is 1.87 bits per heavy atom. The molecule has 0 aliphatic rings. The molecule has 0 unspecified atom stereocenters. The highest BCUT2D eigenvalue weighted by molar-refractivity contribution is 5.97. The van der Waals surface area contributed by atoms with Gasteiger partial charge in [0, 0.05) is 41.1 Å². The molecule has 8 nitrogen and oxygen atoms in total. The summed E-state index contributed by atoms with van der Waals surface area (Å²) >= 11 is 0. The van der Waals surface area contributed by atoms with Crippen molar-refractivity contribution in [1.82, 2.24) is 39.7 Å². The van der Waals surface area contributed by atoms with Gasteiger partial charge >= 0.3 is 0 Å². The quantitative estimate of drug-likeness (QED) is 0.473. The van der Waals surface area contributed by atoms with Gasteiger partial charge in [-0.15, -0.1) is 0 Å². The third-order valence-corrected chi connectivity index (χ3v) is 5.13. The molecular weight excluding hydrogens is 376 g/mol. The molecule has 8 heteroatoms. The van der Waals surface area contributed by atoms with Crippen molar-refractivity contribution < 1.29 is 0 Å². The molecule has 0 radical (unpaired) electrons. The normalized spacial score (nSPS) is 11.5. The van der Waals surface area contributed by atoms with Crippen LogP contribution in [0.25, 0.3) is 50.4 Å². The highest BCUT2D eigenvalue weighted by Crippen LogP contribution is 2.31. The maximum absolute atomic E-state index is 4.53. The first kappa shape index (κ1) is 16.6. The van der Waals surface area contributed by atoms with E-state index in [2.05, 4.69) is 47.2 Å². The third kappa shape index (κ3) is 2.58. The molecular formula is C22H16N8. The number of fused-ring (bicyclic) bond motifs is 2. The Hall–Kier alpha value is -4.33. The van der Waals surface area contributed by atoms with Gasteiger partial charge in [-0.05, 0) is 37.3 Å². The number of aromatic nitrogens is 8. The standard InChI is InChI=1S/C22H16N8/c1-13-11-30(12-26-13)19-5-7-24-21-15(19)9-18(27-21)20-16-8-14(10-25-22(16)29-28-20)17-4-2-3-6-23-17/h2-12H,1H3,(H,24,27)(H,25,28,29). The first-order valence-electron chi connectivity index (χ1n) is 9.51. The molecule has 6 heterocycles. The lowest BCUT2D eigenvalue weighted by molar-refractivity contribution is 1.06. The zero-order valence-corrected chi connectivity index (χ0v) is 16.0. The number of imidazole rings is 1. The van der Waals surface area contributed by atoms with Crippen LogP contribution in [0, 0.1) is 6.92 Å². The van der Waals surface area contributed by atoms with Gasteiger partial charge in [-0.1, -0.05) is 6.07 Å². The molecule has 30 heavy (non-hydrogen) atoms. The van der Waals surface area contributed by atoms with Crippen molar-refractivity contribution in [2.45, 2.75) is 6.92 Å². The second kappa shape index (κ2) is 6.35. The number of hydrogen-bond donors (Lipinski definition) is 2. The first-order chi connectivity index (χ1) is 14.8. The van der Waals surface area contributed by atoms with E-state index >= 15 is 0 Å². The molecule has 0 aliphatic carbocycles. The summed E-state index contributed by atoms with van der Waals surface area (Å²) in [6, 6.07) is 11.9. The molecule has 0 saturated heterocycles. The topological polar surface area (TPSA) is 101 Å². The van der Waals surface area contributed by atoms with Crippen molar-refractivity contribution in [2.24, 2.45) is 0 Å². The summed E-state index contributed by atoms with van der Waals surface area (Å²) in [5.74, 6) is 0. The average molecular weight is 392 g/mol. The summed E-state index contributed by atoms with van der Waals surface area (Å²) in [6.07, 6.45) is 9.17. The molecule has 0 saturated carbocycles. The minimum atomic E-state index is 0.724. The molecule has 0 aliphatic heterocycles. The van der Waals surface area contributed by atoms with Gasteiger partial charge in [0.2, 0.25) is 0 Å². The van der Waals surface area contributed by atoms with Crippen LogP contribution >= 0.6 is 0 Å². The van der Waals surface area contributed by atoms with Gasteiger partial charge < -0.3 is 9.55 Å². The van der Waals surface area contributed by atoms with E-state index in [9.17, 15) is 0 Å². The van der Waals surface area contributed by atoms with E-state index in [1.54, 1.807) is 18.6 Å². The van der Waals surface area contributed by atoms with Crippen LogP contribution in [0.5, 0.6) is 0 Å². The van der Waals surface area contributed by atoms with E-state index in [0.717, 1.165) is 56.1 Å². The summed E-state index contributed by atoms with van der Waals surface area (Å²) in [7, 11) is 0. The van der Waals surface area contributed by atoms with E-state index in [1.165, 1.54) is 0 Å². The van der Waals surface area contributed by atoms with E-state index in [4.69, 9.17) is 0 Å². The minimum Gasteiger partial charge on any atom is -0.338 e. The van der Waals surface area contributed by atoms with Gasteiger partial charge in [0.05, 0.1) is 29.1 Å². The number of hydrogen-bond acceptors (Lipinski definition) is 5. The molecule has 144 valence electrons. The highest BCUT2D eigenvalue weighted by Gasteiger charge is 2.15. The number of nitrogens with one attached hydrogen (secondary N) is 2. The van der Waals surface area contributed by atoms with Crippen molar-refractivity contribution >= 4 is 22.1 Å². The number of pyridine rings is 3. The Labute approximate surface area is 170 Å². The van der Waals surface area contributed by atoms with E-state index in [1.807, 2.05) is 48.3 Å². The van der Waals surface area contributed by atoms with Crippen molar-refractivity contribution in [1.29, 1.82) is 0 Å². The van der Waals surface area contributed by atoms with Crippen LogP contribution in [0.1, 0.15) is 5.69 Å². The Bertz CT molecular complexity index is 1510. The number of nitrogens with zero attached hydrogens (tertiary/aromatic N) is 6. The van der Waals surface area contributed by atoms with Crippen LogP contribution in [0.3, 0.4) is 0 Å². The summed E-state index contributed by atoms with van der Waals surface area (Å²) in [4.78, 5) is 21.2. The zero-order valence-electron chi connectivity index (χ0n) is 16.0. The lowest BCUT2D eigenvalue weighted by atomic mass is 10.1. The second-order valence-corrected chi connectivity index (χ2v) is 7.11. The van der Waals surface area contributed by atoms with E-state index < -0.39 is 0 Å². The third-order valence-electron chi connectivity index (χ3n) is 5.13. The predicted molar refractivity (Wildman–Crippen MR) is 114 cm³/mol. The Morgan fingerprint density at radius 3 is 2.70 bits per heavy atom. The zero-order chi connectivity index (χ0) is 20.1. The van der Waals surface area contributed by atoms with E-state index in [0.29, 0.717) is 0 Å². The van der Waals surface area contributed by atoms with Gasteiger partial charge in [-0.25, -0.2) is 15.0 Å². The molecule has 6 rings (SSSR count). The summed E-state index contributed by atoms with van der Waals surface area (Å²) in [5.41, 5.74) is 6.96. The van der Waals surface area contributed by atoms with Gasteiger partial charge in [-0.3, -0.25) is 10.1 Å². The predicted octanol–water partition coefficient (Wildman–Crippen LogP) is 4.06. The Morgan fingerprint density at radius 1 is 0.900 bits per heavy atom. The lowest BCUT2D eigenvalue weighted by Gasteiger charge is -2.02. The van der Waals surface area contributed by atoms with Crippen molar-refractivity contribution in [3.63, 3.8) is 0 Å². The molecule has 2 N–H and O–H groups in total. The van der Waals surface area contributed by atoms with Gasteiger partial charge in [0.15, 0.2) is 5.65 Å². The second-order valence-electron chi connectivity index (χ2n) is 7.11. The molecule has 0 aromatic carbocycles. The van der Waals surface area contributed by atoms with Crippen LogP contribution < -0.4 is 0 Å². The molecule has 0 fully saturated rings. The number of aromatic amines is 2. The maximum atomic E-state index is 4.53. The van der Waals surface area contributed by atoms with Crippen LogP contribution in [-0.2, 0) is 0 Å². The fourth-order valence-electron chi connectivity index (χ4n) is 3.70. The number of H-pyrrole nitrogens is 2. The molecule has 6 aromatic rings. The highest BCUT2D eigenvalue weighted by atomic mass is 15.2.